The molecule has 0 unspecified atom stereocenters. The Balaban J connectivity index is 2.79. The Morgan fingerprint density at radius 3 is 2.33 bits per heavy atom. The first kappa shape index (κ1) is 13.1. The van der Waals surface area contributed by atoms with E-state index in [1.807, 2.05) is 19.1 Å². The first-order valence-electron chi connectivity index (χ1n) is 5.22. The quantitative estimate of drug-likeness (QED) is 0.857. The van der Waals surface area contributed by atoms with Crippen LogP contribution in [0.1, 0.15) is 5.56 Å². The molecular formula is C13H11ClO3S. The molecule has 5 heteroatoms. The molecular weight excluding hydrogens is 272 g/mol. The molecule has 0 radical (unpaired) electrons. The van der Waals surface area contributed by atoms with Gasteiger partial charge >= 0.3 is 0 Å². The van der Waals surface area contributed by atoms with Crippen LogP contribution in [0, 0.1) is 6.92 Å². The van der Waals surface area contributed by atoms with E-state index >= 15 is 0 Å². The van der Waals surface area contributed by atoms with Crippen molar-refractivity contribution in [3.8, 4) is 11.1 Å². The molecule has 3 nitrogen and oxygen atoms in total. The van der Waals surface area contributed by atoms with Gasteiger partial charge in [-0.1, -0.05) is 35.9 Å². The van der Waals surface area contributed by atoms with Crippen LogP contribution in [-0.2, 0) is 10.1 Å². The third-order valence-corrected chi connectivity index (χ3v) is 3.80. The van der Waals surface area contributed by atoms with Crippen molar-refractivity contribution in [1.29, 1.82) is 0 Å². The van der Waals surface area contributed by atoms with Crippen molar-refractivity contribution in [3.05, 3.63) is 53.1 Å². The molecule has 0 aliphatic rings. The Morgan fingerprint density at radius 1 is 1.06 bits per heavy atom. The summed E-state index contributed by atoms with van der Waals surface area (Å²) in [4.78, 5) is -0.138. The van der Waals surface area contributed by atoms with Crippen LogP contribution in [0.5, 0.6) is 0 Å². The lowest BCUT2D eigenvalue weighted by molar-refractivity contribution is 0.483. The molecule has 18 heavy (non-hydrogen) atoms. The number of rotatable bonds is 2. The van der Waals surface area contributed by atoms with Crippen LogP contribution in [0.4, 0.5) is 0 Å². The molecule has 94 valence electrons. The summed E-state index contributed by atoms with van der Waals surface area (Å²) in [5.41, 5.74) is 2.04. The Bertz CT molecular complexity index is 693. The van der Waals surface area contributed by atoms with E-state index in [1.165, 1.54) is 18.2 Å². The van der Waals surface area contributed by atoms with E-state index in [9.17, 15) is 13.0 Å². The third kappa shape index (κ3) is 2.56. The molecule has 0 spiro atoms. The van der Waals surface area contributed by atoms with Gasteiger partial charge < -0.3 is 0 Å². The normalized spacial score (nSPS) is 11.5. The van der Waals surface area contributed by atoms with Crippen molar-refractivity contribution in [2.45, 2.75) is 11.8 Å². The minimum Gasteiger partial charge on any atom is -0.282 e. The van der Waals surface area contributed by atoms with E-state index in [-0.39, 0.29) is 4.90 Å². The van der Waals surface area contributed by atoms with Crippen LogP contribution in [0.25, 0.3) is 11.1 Å². The summed E-state index contributed by atoms with van der Waals surface area (Å²) >= 11 is 5.89. The molecule has 2 aromatic rings. The van der Waals surface area contributed by atoms with Gasteiger partial charge in [0.2, 0.25) is 0 Å². The predicted molar refractivity (Wildman–Crippen MR) is 71.4 cm³/mol. The van der Waals surface area contributed by atoms with Gasteiger partial charge in [0.15, 0.2) is 0 Å². The zero-order chi connectivity index (χ0) is 13.3. The topological polar surface area (TPSA) is 54.4 Å². The monoisotopic (exact) mass is 282 g/mol. The van der Waals surface area contributed by atoms with E-state index in [0.717, 1.165) is 11.1 Å². The standard InChI is InChI=1S/C13H11ClO3S/c1-9-4-2-3-5-11(9)12-8-10(14)6-7-13(12)18(15,16)17/h2-8H,1H3,(H,15,16,17). The number of benzene rings is 2. The van der Waals surface area contributed by atoms with Crippen LogP contribution < -0.4 is 0 Å². The van der Waals surface area contributed by atoms with Crippen molar-refractivity contribution in [3.63, 3.8) is 0 Å². The maximum absolute atomic E-state index is 11.4. The number of hydrogen-bond acceptors (Lipinski definition) is 2. The van der Waals surface area contributed by atoms with E-state index in [2.05, 4.69) is 0 Å². The second-order valence-corrected chi connectivity index (χ2v) is 5.76. The Labute approximate surface area is 111 Å². The zero-order valence-electron chi connectivity index (χ0n) is 9.59. The Morgan fingerprint density at radius 2 is 1.72 bits per heavy atom. The highest BCUT2D eigenvalue weighted by Crippen LogP contribution is 2.31. The van der Waals surface area contributed by atoms with Crippen LogP contribution in [0.2, 0.25) is 5.02 Å². The average Bonchev–Trinajstić information content (AvgIpc) is 2.27. The molecule has 1 N–H and O–H groups in total. The molecule has 2 rings (SSSR count). The SMILES string of the molecule is Cc1ccccc1-c1cc(Cl)ccc1S(=O)(=O)O. The van der Waals surface area contributed by atoms with Gasteiger partial charge in [0.05, 0.1) is 0 Å². The molecule has 0 saturated carbocycles. The minimum absolute atomic E-state index is 0.138. The largest absolute Gasteiger partial charge is 0.295 e. The fourth-order valence-corrected chi connectivity index (χ4v) is 2.67. The summed E-state index contributed by atoms with van der Waals surface area (Å²) in [6, 6.07) is 11.6. The van der Waals surface area contributed by atoms with E-state index in [1.54, 1.807) is 12.1 Å². The summed E-state index contributed by atoms with van der Waals surface area (Å²) < 4.78 is 32.0. The van der Waals surface area contributed by atoms with Gasteiger partial charge in [-0.05, 0) is 36.2 Å². The second-order valence-electron chi connectivity index (χ2n) is 3.93. The molecule has 0 aliphatic heterocycles. The maximum atomic E-state index is 11.4. The fourth-order valence-electron chi connectivity index (χ4n) is 1.81. The molecule has 0 aliphatic carbocycles. The molecule has 0 saturated heterocycles. The van der Waals surface area contributed by atoms with Crippen molar-refractivity contribution < 1.29 is 13.0 Å². The maximum Gasteiger partial charge on any atom is 0.295 e. The summed E-state index contributed by atoms with van der Waals surface area (Å²) in [6.45, 7) is 1.87. The van der Waals surface area contributed by atoms with Crippen molar-refractivity contribution in [2.75, 3.05) is 0 Å². The highest BCUT2D eigenvalue weighted by molar-refractivity contribution is 7.86. The summed E-state index contributed by atoms with van der Waals surface area (Å²) in [5.74, 6) is 0. The molecule has 0 aromatic heterocycles. The van der Waals surface area contributed by atoms with E-state index in [4.69, 9.17) is 11.6 Å². The second kappa shape index (κ2) is 4.72. The van der Waals surface area contributed by atoms with Gasteiger partial charge in [0.1, 0.15) is 4.90 Å². The number of hydrogen-bond donors (Lipinski definition) is 1. The minimum atomic E-state index is -4.27. The third-order valence-electron chi connectivity index (χ3n) is 2.65. The lowest BCUT2D eigenvalue weighted by Gasteiger charge is -2.10. The summed E-state index contributed by atoms with van der Waals surface area (Å²) in [7, 11) is -4.27. The van der Waals surface area contributed by atoms with Crippen molar-refractivity contribution in [1.82, 2.24) is 0 Å². The molecule has 0 heterocycles. The van der Waals surface area contributed by atoms with Crippen LogP contribution in [-0.4, -0.2) is 13.0 Å². The Hall–Kier alpha value is -1.36. The lowest BCUT2D eigenvalue weighted by atomic mass is 10.0. The fraction of sp³-hybridized carbons (Fsp3) is 0.0769. The predicted octanol–water partition coefficient (Wildman–Crippen LogP) is 3.56. The average molecular weight is 283 g/mol. The van der Waals surface area contributed by atoms with Crippen LogP contribution in [0.15, 0.2) is 47.4 Å². The van der Waals surface area contributed by atoms with E-state index in [0.29, 0.717) is 10.6 Å². The van der Waals surface area contributed by atoms with Gasteiger partial charge in [0, 0.05) is 10.6 Å². The zero-order valence-corrected chi connectivity index (χ0v) is 11.2. The van der Waals surface area contributed by atoms with Gasteiger partial charge in [-0.2, -0.15) is 8.42 Å². The molecule has 0 bridgehead atoms. The summed E-state index contributed by atoms with van der Waals surface area (Å²) in [5, 5.41) is 0.417. The van der Waals surface area contributed by atoms with Crippen LogP contribution >= 0.6 is 11.6 Å². The van der Waals surface area contributed by atoms with Crippen molar-refractivity contribution >= 4 is 21.7 Å². The van der Waals surface area contributed by atoms with Gasteiger partial charge in [-0.15, -0.1) is 0 Å². The Kier molecular flexibility index (Phi) is 3.43. The highest BCUT2D eigenvalue weighted by atomic mass is 35.5. The first-order chi connectivity index (χ1) is 8.39. The number of aryl methyl sites for hydroxylation is 1. The molecule has 2 aromatic carbocycles. The molecule has 0 fully saturated rings. The van der Waals surface area contributed by atoms with Gasteiger partial charge in [0.25, 0.3) is 10.1 Å². The summed E-state index contributed by atoms with van der Waals surface area (Å²) in [6.07, 6.45) is 0. The number of halogens is 1. The molecule has 0 atom stereocenters. The van der Waals surface area contributed by atoms with Gasteiger partial charge in [-0.3, -0.25) is 4.55 Å². The highest BCUT2D eigenvalue weighted by Gasteiger charge is 2.17. The van der Waals surface area contributed by atoms with Gasteiger partial charge in [-0.25, -0.2) is 0 Å². The lowest BCUT2D eigenvalue weighted by Crippen LogP contribution is -2.01. The molecule has 0 amide bonds. The first-order valence-corrected chi connectivity index (χ1v) is 7.04. The van der Waals surface area contributed by atoms with Crippen LogP contribution in [0.3, 0.4) is 0 Å². The van der Waals surface area contributed by atoms with E-state index < -0.39 is 10.1 Å². The van der Waals surface area contributed by atoms with Crippen molar-refractivity contribution in [2.24, 2.45) is 0 Å². The smallest absolute Gasteiger partial charge is 0.282 e.